The second-order valence-corrected chi connectivity index (χ2v) is 5.28. The SMILES string of the molecule is Cc1cccc(C(O)CCc2nccn2C)c1Br. The van der Waals surface area contributed by atoms with E-state index >= 15 is 0 Å². The Balaban J connectivity index is 2.06. The highest BCUT2D eigenvalue weighted by atomic mass is 79.9. The third-order valence-corrected chi connectivity index (χ3v) is 4.23. The third kappa shape index (κ3) is 2.82. The van der Waals surface area contributed by atoms with Gasteiger partial charge in [0, 0.05) is 30.3 Å². The van der Waals surface area contributed by atoms with Crippen molar-refractivity contribution in [3.05, 3.63) is 52.0 Å². The number of aryl methyl sites for hydroxylation is 3. The maximum Gasteiger partial charge on any atom is 0.108 e. The number of rotatable bonds is 4. The maximum atomic E-state index is 10.2. The molecule has 4 heteroatoms. The molecule has 2 rings (SSSR count). The lowest BCUT2D eigenvalue weighted by molar-refractivity contribution is 0.166. The van der Waals surface area contributed by atoms with Gasteiger partial charge in [-0.1, -0.05) is 34.1 Å². The largest absolute Gasteiger partial charge is 0.388 e. The van der Waals surface area contributed by atoms with Gasteiger partial charge in [-0.25, -0.2) is 4.98 Å². The number of aliphatic hydroxyl groups excluding tert-OH is 1. The summed E-state index contributed by atoms with van der Waals surface area (Å²) < 4.78 is 2.98. The topological polar surface area (TPSA) is 38.1 Å². The third-order valence-electron chi connectivity index (χ3n) is 3.14. The quantitative estimate of drug-likeness (QED) is 0.942. The van der Waals surface area contributed by atoms with Crippen molar-refractivity contribution in [1.29, 1.82) is 0 Å². The minimum Gasteiger partial charge on any atom is -0.388 e. The standard InChI is InChI=1S/C14H17BrN2O/c1-10-4-3-5-11(14(10)15)12(18)6-7-13-16-8-9-17(13)2/h3-5,8-9,12,18H,6-7H2,1-2H3. The molecule has 0 aliphatic rings. The maximum absolute atomic E-state index is 10.2. The van der Waals surface area contributed by atoms with Crippen LogP contribution in [0.4, 0.5) is 0 Å². The number of aliphatic hydroxyl groups is 1. The Morgan fingerprint density at radius 2 is 2.22 bits per heavy atom. The lowest BCUT2D eigenvalue weighted by atomic mass is 10.0. The fraction of sp³-hybridized carbons (Fsp3) is 0.357. The summed E-state index contributed by atoms with van der Waals surface area (Å²) in [4.78, 5) is 4.26. The zero-order valence-electron chi connectivity index (χ0n) is 10.6. The average molecular weight is 309 g/mol. The molecule has 0 radical (unpaired) electrons. The molecule has 1 atom stereocenters. The predicted octanol–water partition coefficient (Wildman–Crippen LogP) is 3.16. The van der Waals surface area contributed by atoms with Crippen molar-refractivity contribution in [2.75, 3.05) is 0 Å². The molecule has 1 heterocycles. The van der Waals surface area contributed by atoms with Crippen LogP contribution >= 0.6 is 15.9 Å². The zero-order chi connectivity index (χ0) is 13.1. The van der Waals surface area contributed by atoms with Gasteiger partial charge in [0.25, 0.3) is 0 Å². The highest BCUT2D eigenvalue weighted by Crippen LogP contribution is 2.28. The van der Waals surface area contributed by atoms with E-state index in [1.807, 2.05) is 42.9 Å². The van der Waals surface area contributed by atoms with Crippen molar-refractivity contribution in [1.82, 2.24) is 9.55 Å². The first kappa shape index (κ1) is 13.3. The second kappa shape index (κ2) is 5.67. The van der Waals surface area contributed by atoms with Crippen LogP contribution < -0.4 is 0 Å². The van der Waals surface area contributed by atoms with Crippen molar-refractivity contribution in [3.8, 4) is 0 Å². The Labute approximate surface area is 116 Å². The molecule has 0 spiro atoms. The van der Waals surface area contributed by atoms with Crippen molar-refractivity contribution in [3.63, 3.8) is 0 Å². The van der Waals surface area contributed by atoms with Crippen LogP contribution in [0.25, 0.3) is 0 Å². The molecule has 1 N–H and O–H groups in total. The summed E-state index contributed by atoms with van der Waals surface area (Å²) in [5.74, 6) is 0.998. The van der Waals surface area contributed by atoms with Gasteiger partial charge in [0.1, 0.15) is 5.82 Å². The molecule has 3 nitrogen and oxygen atoms in total. The molecule has 96 valence electrons. The molecule has 1 aromatic heterocycles. The van der Waals surface area contributed by atoms with Gasteiger partial charge in [-0.2, -0.15) is 0 Å². The Kier molecular flexibility index (Phi) is 4.19. The lowest BCUT2D eigenvalue weighted by Gasteiger charge is -2.14. The molecule has 0 aliphatic heterocycles. The molecule has 0 fully saturated rings. The van der Waals surface area contributed by atoms with Crippen molar-refractivity contribution < 1.29 is 5.11 Å². The molecule has 1 unspecified atom stereocenters. The molecule has 0 aliphatic carbocycles. The van der Waals surface area contributed by atoms with Gasteiger partial charge >= 0.3 is 0 Å². The van der Waals surface area contributed by atoms with E-state index in [9.17, 15) is 5.11 Å². The second-order valence-electron chi connectivity index (χ2n) is 4.49. The summed E-state index contributed by atoms with van der Waals surface area (Å²) in [7, 11) is 1.97. The van der Waals surface area contributed by atoms with Crippen LogP contribution in [0.15, 0.2) is 35.1 Å². The van der Waals surface area contributed by atoms with Gasteiger partial charge in [-0.3, -0.25) is 0 Å². The molecule has 1 aromatic carbocycles. The summed E-state index contributed by atoms with van der Waals surface area (Å²) in [6.07, 6.45) is 4.68. The van der Waals surface area contributed by atoms with Gasteiger partial charge in [0.2, 0.25) is 0 Å². The van der Waals surface area contributed by atoms with Crippen molar-refractivity contribution in [2.45, 2.75) is 25.9 Å². The van der Waals surface area contributed by atoms with Gasteiger partial charge < -0.3 is 9.67 Å². The molecule has 2 aromatic rings. The summed E-state index contributed by atoms with van der Waals surface area (Å²) >= 11 is 3.53. The Morgan fingerprint density at radius 1 is 1.44 bits per heavy atom. The van der Waals surface area contributed by atoms with Crippen LogP contribution in [0.2, 0.25) is 0 Å². The van der Waals surface area contributed by atoms with Crippen LogP contribution in [-0.4, -0.2) is 14.7 Å². The Morgan fingerprint density at radius 3 is 2.89 bits per heavy atom. The average Bonchev–Trinajstić information content (AvgIpc) is 2.75. The minimum absolute atomic E-state index is 0.462. The van der Waals surface area contributed by atoms with Crippen molar-refractivity contribution >= 4 is 15.9 Å². The Bertz CT molecular complexity index is 536. The molecular weight excluding hydrogens is 292 g/mol. The first-order chi connectivity index (χ1) is 8.59. The van der Waals surface area contributed by atoms with Crippen LogP contribution in [0.3, 0.4) is 0 Å². The molecule has 18 heavy (non-hydrogen) atoms. The van der Waals surface area contributed by atoms with Gasteiger partial charge in [0.05, 0.1) is 6.10 Å². The van der Waals surface area contributed by atoms with E-state index in [-0.39, 0.29) is 0 Å². The van der Waals surface area contributed by atoms with E-state index in [2.05, 4.69) is 20.9 Å². The van der Waals surface area contributed by atoms with E-state index in [4.69, 9.17) is 0 Å². The summed E-state index contributed by atoms with van der Waals surface area (Å²) in [6, 6.07) is 5.96. The number of hydrogen-bond acceptors (Lipinski definition) is 2. The number of aromatic nitrogens is 2. The number of benzene rings is 1. The number of nitrogens with zero attached hydrogens (tertiary/aromatic N) is 2. The van der Waals surface area contributed by atoms with Crippen LogP contribution in [-0.2, 0) is 13.5 Å². The number of hydrogen-bond donors (Lipinski definition) is 1. The van der Waals surface area contributed by atoms with E-state index in [1.165, 1.54) is 0 Å². The molecule has 0 saturated carbocycles. The van der Waals surface area contributed by atoms with Crippen LogP contribution in [0.1, 0.15) is 29.5 Å². The molecule has 0 bridgehead atoms. The zero-order valence-corrected chi connectivity index (χ0v) is 12.2. The summed E-state index contributed by atoms with van der Waals surface area (Å²) in [5.41, 5.74) is 2.09. The number of imidazole rings is 1. The van der Waals surface area contributed by atoms with Crippen molar-refractivity contribution in [2.24, 2.45) is 7.05 Å². The summed E-state index contributed by atoms with van der Waals surface area (Å²) in [6.45, 7) is 2.03. The van der Waals surface area contributed by atoms with Crippen LogP contribution in [0.5, 0.6) is 0 Å². The molecule has 0 amide bonds. The predicted molar refractivity (Wildman–Crippen MR) is 75.4 cm³/mol. The Hall–Kier alpha value is -1.13. The highest BCUT2D eigenvalue weighted by molar-refractivity contribution is 9.10. The van der Waals surface area contributed by atoms with E-state index in [0.29, 0.717) is 6.42 Å². The van der Waals surface area contributed by atoms with E-state index in [0.717, 1.165) is 27.8 Å². The van der Waals surface area contributed by atoms with Gasteiger partial charge in [-0.05, 0) is 24.5 Å². The monoisotopic (exact) mass is 308 g/mol. The summed E-state index contributed by atoms with van der Waals surface area (Å²) in [5, 5.41) is 10.2. The fourth-order valence-electron chi connectivity index (χ4n) is 1.99. The normalized spacial score (nSPS) is 12.7. The molecule has 0 saturated heterocycles. The van der Waals surface area contributed by atoms with Gasteiger partial charge in [-0.15, -0.1) is 0 Å². The van der Waals surface area contributed by atoms with Gasteiger partial charge in [0.15, 0.2) is 0 Å². The minimum atomic E-state index is -0.462. The van der Waals surface area contributed by atoms with E-state index in [1.54, 1.807) is 6.20 Å². The first-order valence-electron chi connectivity index (χ1n) is 5.99. The lowest BCUT2D eigenvalue weighted by Crippen LogP contribution is -2.04. The van der Waals surface area contributed by atoms with Crippen LogP contribution in [0, 0.1) is 6.92 Å². The highest BCUT2D eigenvalue weighted by Gasteiger charge is 2.13. The number of halogens is 1. The molecular formula is C14H17BrN2O. The first-order valence-corrected chi connectivity index (χ1v) is 6.78. The smallest absolute Gasteiger partial charge is 0.108 e. The fourth-order valence-corrected chi connectivity index (χ4v) is 2.51. The van der Waals surface area contributed by atoms with E-state index < -0.39 is 6.10 Å².